The predicted octanol–water partition coefficient (Wildman–Crippen LogP) is 3.85. The molecule has 0 radical (unpaired) electrons. The lowest BCUT2D eigenvalue weighted by molar-refractivity contribution is -0.385. The maximum atomic E-state index is 10.7. The first-order valence-corrected chi connectivity index (χ1v) is 6.52. The summed E-state index contributed by atoms with van der Waals surface area (Å²) in [5.74, 6) is -0.515. The van der Waals surface area contributed by atoms with Gasteiger partial charge in [0.1, 0.15) is 12.0 Å². The summed E-state index contributed by atoms with van der Waals surface area (Å²) in [4.78, 5) is 20.3. The summed E-state index contributed by atoms with van der Waals surface area (Å²) in [5, 5.41) is 28.2. The number of aryl methyl sites for hydroxylation is 1. The van der Waals surface area contributed by atoms with Gasteiger partial charge in [0.2, 0.25) is 5.75 Å². The summed E-state index contributed by atoms with van der Waals surface area (Å²) >= 11 is 0. The van der Waals surface area contributed by atoms with Crippen molar-refractivity contribution >= 4 is 23.3 Å². The molecule has 0 fully saturated rings. The van der Waals surface area contributed by atoms with E-state index in [9.17, 15) is 20.0 Å². The minimum atomic E-state index is -0.684. The normalized spacial score (nSPS) is 10.7. The molecule has 0 bridgehead atoms. The van der Waals surface area contributed by atoms with Gasteiger partial charge in [-0.2, -0.15) is 5.11 Å². The van der Waals surface area contributed by atoms with Crippen LogP contribution in [0.5, 0.6) is 5.75 Å². The third-order valence-corrected chi connectivity index (χ3v) is 2.95. The van der Waals surface area contributed by atoms with E-state index in [-0.39, 0.29) is 5.69 Å². The van der Waals surface area contributed by atoms with Crippen LogP contribution in [0, 0.1) is 10.1 Å². The largest absolute Gasteiger partial charge is 0.501 e. The first kappa shape index (κ1) is 15.3. The van der Waals surface area contributed by atoms with Gasteiger partial charge in [-0.3, -0.25) is 10.1 Å². The average Bonchev–Trinajstić information content (AvgIpc) is 2.52. The van der Waals surface area contributed by atoms with E-state index in [4.69, 9.17) is 0 Å². The monoisotopic (exact) mass is 299 g/mol. The zero-order chi connectivity index (χ0) is 15.9. The molecule has 7 heteroatoms. The maximum absolute atomic E-state index is 10.7. The molecular weight excluding hydrogens is 286 g/mol. The number of hydrogen-bond donors (Lipinski definition) is 1. The molecule has 0 aliphatic rings. The second kappa shape index (κ2) is 7.07. The van der Waals surface area contributed by atoms with Crippen LogP contribution < -0.4 is 0 Å². The van der Waals surface area contributed by atoms with Crippen molar-refractivity contribution in [3.8, 4) is 5.75 Å². The Kier molecular flexibility index (Phi) is 4.92. The highest BCUT2D eigenvalue weighted by Crippen LogP contribution is 2.36. The Labute approximate surface area is 126 Å². The number of benzene rings is 2. The molecule has 0 unspecified atom stereocenters. The molecule has 2 aromatic rings. The van der Waals surface area contributed by atoms with Gasteiger partial charge in [0.05, 0.1) is 10.6 Å². The fourth-order valence-electron chi connectivity index (χ4n) is 1.81. The lowest BCUT2D eigenvalue weighted by Gasteiger charge is -2.00. The highest BCUT2D eigenvalue weighted by Gasteiger charge is 2.15. The third-order valence-electron chi connectivity index (χ3n) is 2.95. The van der Waals surface area contributed by atoms with Gasteiger partial charge in [0.15, 0.2) is 0 Å². The van der Waals surface area contributed by atoms with Crippen LogP contribution in [0.3, 0.4) is 0 Å². The van der Waals surface area contributed by atoms with Gasteiger partial charge in [-0.1, -0.05) is 18.2 Å². The maximum Gasteiger partial charge on any atom is 0.313 e. The van der Waals surface area contributed by atoms with E-state index >= 15 is 0 Å². The summed E-state index contributed by atoms with van der Waals surface area (Å²) < 4.78 is 0. The van der Waals surface area contributed by atoms with Crippen molar-refractivity contribution in [1.29, 1.82) is 0 Å². The molecule has 7 nitrogen and oxygen atoms in total. The van der Waals surface area contributed by atoms with Crippen molar-refractivity contribution in [1.82, 2.24) is 0 Å². The second-order valence-corrected chi connectivity index (χ2v) is 4.47. The van der Waals surface area contributed by atoms with Crippen molar-refractivity contribution in [2.45, 2.75) is 12.8 Å². The van der Waals surface area contributed by atoms with E-state index < -0.39 is 16.4 Å². The van der Waals surface area contributed by atoms with Crippen LogP contribution >= 0.6 is 0 Å². The standard InChI is InChI=1S/C15H13N3O4/c19-10-2-3-11-6-8-12(9-7-11)16-17-13-4-1-5-14(15(13)20)18(21)22/h1,4-10,20H,2-3H2. The molecular formula is C15H13N3O4. The van der Waals surface area contributed by atoms with Crippen LogP contribution in [0.2, 0.25) is 0 Å². The van der Waals surface area contributed by atoms with Crippen LogP contribution in [0.15, 0.2) is 52.7 Å². The molecule has 0 saturated heterocycles. The summed E-state index contributed by atoms with van der Waals surface area (Å²) in [5.41, 5.74) is 1.16. The van der Waals surface area contributed by atoms with Gasteiger partial charge in [0.25, 0.3) is 0 Å². The minimum Gasteiger partial charge on any atom is -0.501 e. The molecule has 0 aliphatic carbocycles. The molecule has 0 aromatic heterocycles. The summed E-state index contributed by atoms with van der Waals surface area (Å²) in [6.45, 7) is 0. The zero-order valence-electron chi connectivity index (χ0n) is 11.5. The van der Waals surface area contributed by atoms with E-state index in [1.165, 1.54) is 18.2 Å². The van der Waals surface area contributed by atoms with Crippen LogP contribution in [-0.4, -0.2) is 16.3 Å². The Bertz CT molecular complexity index is 711. The molecule has 22 heavy (non-hydrogen) atoms. The first-order valence-electron chi connectivity index (χ1n) is 6.52. The minimum absolute atomic E-state index is 0.0271. The van der Waals surface area contributed by atoms with Crippen LogP contribution in [0.25, 0.3) is 0 Å². The number of azo groups is 1. The molecule has 1 N–H and O–H groups in total. The quantitative estimate of drug-likeness (QED) is 0.378. The van der Waals surface area contributed by atoms with Crippen LogP contribution in [0.4, 0.5) is 17.1 Å². The van der Waals surface area contributed by atoms with Gasteiger partial charge < -0.3 is 9.90 Å². The number of phenols is 1. The highest BCUT2D eigenvalue weighted by molar-refractivity contribution is 5.62. The topological polar surface area (TPSA) is 105 Å². The Hall–Kier alpha value is -3.09. The van der Waals surface area contributed by atoms with E-state index in [1.54, 1.807) is 12.1 Å². The van der Waals surface area contributed by atoms with E-state index in [0.29, 0.717) is 18.5 Å². The molecule has 2 aromatic carbocycles. The first-order chi connectivity index (χ1) is 10.6. The molecule has 112 valence electrons. The number of nitrogens with zero attached hydrogens (tertiary/aromatic N) is 3. The van der Waals surface area contributed by atoms with E-state index in [2.05, 4.69) is 10.2 Å². The number of carbonyl (C=O) groups excluding carboxylic acids is 1. The number of aromatic hydroxyl groups is 1. The Balaban J connectivity index is 2.16. The molecule has 2 rings (SSSR count). The SMILES string of the molecule is O=CCCc1ccc(N=Nc2cccc([N+](=O)[O-])c2O)cc1. The fourth-order valence-corrected chi connectivity index (χ4v) is 1.81. The number of aldehydes is 1. The van der Waals surface area contributed by atoms with Gasteiger partial charge in [0, 0.05) is 12.5 Å². The van der Waals surface area contributed by atoms with Crippen LogP contribution in [0.1, 0.15) is 12.0 Å². The molecule has 0 heterocycles. The number of nitro benzene ring substituents is 1. The lowest BCUT2D eigenvalue weighted by atomic mass is 10.1. The smallest absolute Gasteiger partial charge is 0.313 e. The zero-order valence-corrected chi connectivity index (χ0v) is 11.5. The van der Waals surface area contributed by atoms with Gasteiger partial charge in [-0.15, -0.1) is 5.11 Å². The van der Waals surface area contributed by atoms with Gasteiger partial charge >= 0.3 is 5.69 Å². The summed E-state index contributed by atoms with van der Waals surface area (Å²) in [7, 11) is 0. The molecule has 0 saturated carbocycles. The predicted molar refractivity (Wildman–Crippen MR) is 79.8 cm³/mol. The van der Waals surface area contributed by atoms with Crippen LogP contribution in [-0.2, 0) is 11.2 Å². The number of nitro groups is 1. The van der Waals surface area contributed by atoms with Gasteiger partial charge in [-0.25, -0.2) is 0 Å². The second-order valence-electron chi connectivity index (χ2n) is 4.47. The number of phenolic OH excluding ortho intramolecular Hbond substituents is 1. The molecule has 0 atom stereocenters. The van der Waals surface area contributed by atoms with Crippen molar-refractivity contribution < 1.29 is 14.8 Å². The third kappa shape index (κ3) is 3.72. The number of para-hydroxylation sites is 1. The van der Waals surface area contributed by atoms with Gasteiger partial charge in [-0.05, 0) is 30.2 Å². The molecule has 0 spiro atoms. The Morgan fingerprint density at radius 2 is 1.86 bits per heavy atom. The molecule has 0 aliphatic heterocycles. The fraction of sp³-hybridized carbons (Fsp3) is 0.133. The highest BCUT2D eigenvalue weighted by atomic mass is 16.6. The lowest BCUT2D eigenvalue weighted by Crippen LogP contribution is -1.87. The number of hydrogen-bond acceptors (Lipinski definition) is 6. The summed E-state index contributed by atoms with van der Waals surface area (Å²) in [6, 6.07) is 11.1. The number of carbonyl (C=O) groups is 1. The number of rotatable bonds is 6. The molecule has 0 amide bonds. The van der Waals surface area contributed by atoms with Crippen molar-refractivity contribution in [3.05, 3.63) is 58.1 Å². The van der Waals surface area contributed by atoms with Crippen molar-refractivity contribution in [3.63, 3.8) is 0 Å². The summed E-state index contributed by atoms with van der Waals surface area (Å²) in [6.07, 6.45) is 1.98. The Morgan fingerprint density at radius 1 is 1.14 bits per heavy atom. The van der Waals surface area contributed by atoms with Crippen molar-refractivity contribution in [2.24, 2.45) is 10.2 Å². The van der Waals surface area contributed by atoms with E-state index in [1.807, 2.05) is 12.1 Å². The Morgan fingerprint density at radius 3 is 2.50 bits per heavy atom. The average molecular weight is 299 g/mol. The van der Waals surface area contributed by atoms with E-state index in [0.717, 1.165) is 11.8 Å². The van der Waals surface area contributed by atoms with Crippen molar-refractivity contribution in [2.75, 3.05) is 0 Å².